The molecule has 0 atom stereocenters. The fraction of sp³-hybridized carbons (Fsp3) is 0.667. The molecule has 0 aliphatic carbocycles. The number of carbonyl (C=O) groups is 2. The lowest BCUT2D eigenvalue weighted by atomic mass is 9.96. The summed E-state index contributed by atoms with van der Waals surface area (Å²) < 4.78 is 31.8. The Morgan fingerprint density at radius 2 is 1.79 bits per heavy atom. The van der Waals surface area contributed by atoms with Gasteiger partial charge in [0.05, 0.1) is 12.0 Å². The number of primary amides is 1. The topological polar surface area (TPSA) is 117 Å². The number of rotatable bonds is 7. The lowest BCUT2D eigenvalue weighted by molar-refractivity contribution is -0.123. The van der Waals surface area contributed by atoms with Gasteiger partial charge in [-0.1, -0.05) is 0 Å². The van der Waals surface area contributed by atoms with Gasteiger partial charge in [-0.3, -0.25) is 9.59 Å². The second-order valence-corrected chi connectivity index (χ2v) is 9.44. The molecule has 2 fully saturated rings. The molecule has 2 aliphatic heterocycles. The van der Waals surface area contributed by atoms with E-state index >= 15 is 0 Å². The number of piperazine rings is 1. The summed E-state index contributed by atoms with van der Waals surface area (Å²) in [4.78, 5) is 27.3. The first-order valence-electron chi connectivity index (χ1n) is 9.69. The van der Waals surface area contributed by atoms with E-state index in [4.69, 9.17) is 10.2 Å². The molecule has 3 rings (SSSR count). The van der Waals surface area contributed by atoms with E-state index in [2.05, 4.69) is 4.90 Å². The van der Waals surface area contributed by atoms with Crippen LogP contribution in [-0.4, -0.2) is 85.9 Å². The Balaban J connectivity index is 1.40. The normalized spacial score (nSPS) is 20.4. The van der Waals surface area contributed by atoms with Gasteiger partial charge in [0, 0.05) is 32.1 Å². The van der Waals surface area contributed by atoms with Crippen molar-refractivity contribution >= 4 is 21.8 Å². The standard InChI is InChI=1S/C18H28N4O5S/c19-17(23)15-4-7-20(8-5-15)6-2-14-28(25,26)22-11-9-21(10-12-22)18(24)16-3-1-13-27-16/h1,3,13,15H,2,4-12,14H2,(H2,19,23). The monoisotopic (exact) mass is 412 g/mol. The number of amides is 2. The molecular formula is C18H28N4O5S. The number of nitrogens with two attached hydrogens (primary N) is 1. The van der Waals surface area contributed by atoms with Crippen LogP contribution in [0.25, 0.3) is 0 Å². The van der Waals surface area contributed by atoms with E-state index in [1.54, 1.807) is 17.0 Å². The van der Waals surface area contributed by atoms with E-state index in [1.165, 1.54) is 10.6 Å². The van der Waals surface area contributed by atoms with Crippen LogP contribution in [-0.2, 0) is 14.8 Å². The number of hydrogen-bond acceptors (Lipinski definition) is 6. The maximum atomic E-state index is 12.6. The highest BCUT2D eigenvalue weighted by Crippen LogP contribution is 2.17. The van der Waals surface area contributed by atoms with E-state index in [9.17, 15) is 18.0 Å². The van der Waals surface area contributed by atoms with E-state index in [0.29, 0.717) is 39.1 Å². The Morgan fingerprint density at radius 1 is 1.11 bits per heavy atom. The zero-order valence-electron chi connectivity index (χ0n) is 16.0. The summed E-state index contributed by atoms with van der Waals surface area (Å²) in [6.45, 7) is 3.58. The Hall–Kier alpha value is -1.91. The lowest BCUT2D eigenvalue weighted by Crippen LogP contribution is -2.51. The quantitative estimate of drug-likeness (QED) is 0.671. The van der Waals surface area contributed by atoms with Crippen LogP contribution in [0.5, 0.6) is 0 Å². The van der Waals surface area contributed by atoms with Crippen LogP contribution in [0.3, 0.4) is 0 Å². The first-order chi connectivity index (χ1) is 13.4. The zero-order chi connectivity index (χ0) is 20.1. The molecule has 0 bridgehead atoms. The van der Waals surface area contributed by atoms with Crippen molar-refractivity contribution < 1.29 is 22.4 Å². The van der Waals surface area contributed by atoms with Gasteiger partial charge in [-0.15, -0.1) is 0 Å². The summed E-state index contributed by atoms with van der Waals surface area (Å²) in [5, 5.41) is 0. The molecule has 1 aromatic rings. The summed E-state index contributed by atoms with van der Waals surface area (Å²) in [5.41, 5.74) is 5.34. The summed E-state index contributed by atoms with van der Waals surface area (Å²) >= 11 is 0. The van der Waals surface area contributed by atoms with Crippen molar-refractivity contribution in [3.63, 3.8) is 0 Å². The number of hydrogen-bond donors (Lipinski definition) is 1. The molecule has 28 heavy (non-hydrogen) atoms. The van der Waals surface area contributed by atoms with Crippen molar-refractivity contribution in [2.24, 2.45) is 11.7 Å². The Morgan fingerprint density at radius 3 is 2.36 bits per heavy atom. The van der Waals surface area contributed by atoms with E-state index in [-0.39, 0.29) is 29.2 Å². The highest BCUT2D eigenvalue weighted by atomic mass is 32.2. The minimum atomic E-state index is -3.34. The molecule has 0 unspecified atom stereocenters. The van der Waals surface area contributed by atoms with Crippen molar-refractivity contribution in [3.05, 3.63) is 24.2 Å². The third-order valence-electron chi connectivity index (χ3n) is 5.52. The van der Waals surface area contributed by atoms with Crippen molar-refractivity contribution in [2.75, 3.05) is 51.6 Å². The average Bonchev–Trinajstić information content (AvgIpc) is 3.22. The molecule has 0 spiro atoms. The van der Waals surface area contributed by atoms with Gasteiger partial charge in [-0.2, -0.15) is 4.31 Å². The molecule has 9 nitrogen and oxygen atoms in total. The molecule has 10 heteroatoms. The summed E-state index contributed by atoms with van der Waals surface area (Å²) in [6, 6.07) is 3.27. The molecule has 2 N–H and O–H groups in total. The third-order valence-corrected chi connectivity index (χ3v) is 7.47. The fourth-order valence-electron chi connectivity index (χ4n) is 3.77. The highest BCUT2D eigenvalue weighted by Gasteiger charge is 2.30. The first-order valence-corrected chi connectivity index (χ1v) is 11.3. The Labute approximate surface area is 165 Å². The zero-order valence-corrected chi connectivity index (χ0v) is 16.8. The van der Waals surface area contributed by atoms with Crippen molar-refractivity contribution in [2.45, 2.75) is 19.3 Å². The molecule has 0 saturated carbocycles. The summed E-state index contributed by atoms with van der Waals surface area (Å²) in [7, 11) is -3.34. The van der Waals surface area contributed by atoms with Gasteiger partial charge in [-0.25, -0.2) is 8.42 Å². The van der Waals surface area contributed by atoms with Crippen LogP contribution in [0.4, 0.5) is 0 Å². The van der Waals surface area contributed by atoms with Crippen molar-refractivity contribution in [1.82, 2.24) is 14.1 Å². The highest BCUT2D eigenvalue weighted by molar-refractivity contribution is 7.89. The molecule has 0 aromatic carbocycles. The maximum absolute atomic E-state index is 12.6. The Bertz CT molecular complexity index is 764. The molecule has 2 saturated heterocycles. The molecule has 2 amide bonds. The van der Waals surface area contributed by atoms with Gasteiger partial charge in [-0.05, 0) is 51.0 Å². The Kier molecular flexibility index (Phi) is 6.73. The minimum absolute atomic E-state index is 0.0554. The first kappa shape index (κ1) is 20.8. The van der Waals surface area contributed by atoms with Gasteiger partial charge >= 0.3 is 0 Å². The molecule has 3 heterocycles. The third kappa shape index (κ3) is 5.12. The van der Waals surface area contributed by atoms with Gasteiger partial charge in [0.2, 0.25) is 15.9 Å². The minimum Gasteiger partial charge on any atom is -0.459 e. The fourth-order valence-corrected chi connectivity index (χ4v) is 5.24. The van der Waals surface area contributed by atoms with Crippen LogP contribution >= 0.6 is 0 Å². The van der Waals surface area contributed by atoms with E-state index in [1.807, 2.05) is 0 Å². The predicted octanol–water partition coefficient (Wildman–Crippen LogP) is -0.0454. The second kappa shape index (κ2) is 9.06. The van der Waals surface area contributed by atoms with Crippen LogP contribution in [0.2, 0.25) is 0 Å². The van der Waals surface area contributed by atoms with Crippen LogP contribution < -0.4 is 5.73 Å². The molecular weight excluding hydrogens is 384 g/mol. The number of sulfonamides is 1. The van der Waals surface area contributed by atoms with Crippen LogP contribution in [0.1, 0.15) is 29.8 Å². The van der Waals surface area contributed by atoms with Gasteiger partial charge < -0.3 is 20.0 Å². The van der Waals surface area contributed by atoms with Crippen LogP contribution in [0.15, 0.2) is 22.8 Å². The summed E-state index contributed by atoms with van der Waals surface area (Å²) in [5.74, 6) is -0.139. The van der Waals surface area contributed by atoms with Crippen LogP contribution in [0, 0.1) is 5.92 Å². The number of nitrogens with zero attached hydrogens (tertiary/aromatic N) is 3. The number of carbonyl (C=O) groups excluding carboxylic acids is 2. The van der Waals surface area contributed by atoms with Gasteiger partial charge in [0.15, 0.2) is 5.76 Å². The molecule has 0 radical (unpaired) electrons. The van der Waals surface area contributed by atoms with Crippen molar-refractivity contribution in [3.8, 4) is 0 Å². The van der Waals surface area contributed by atoms with E-state index in [0.717, 1.165) is 25.9 Å². The second-order valence-electron chi connectivity index (χ2n) is 7.36. The maximum Gasteiger partial charge on any atom is 0.289 e. The predicted molar refractivity (Wildman–Crippen MR) is 103 cm³/mol. The number of furan rings is 1. The van der Waals surface area contributed by atoms with Gasteiger partial charge in [0.1, 0.15) is 0 Å². The number of likely N-dealkylation sites (tertiary alicyclic amines) is 1. The molecule has 156 valence electrons. The lowest BCUT2D eigenvalue weighted by Gasteiger charge is -2.34. The van der Waals surface area contributed by atoms with Gasteiger partial charge in [0.25, 0.3) is 5.91 Å². The number of piperidine rings is 1. The molecule has 1 aromatic heterocycles. The largest absolute Gasteiger partial charge is 0.459 e. The molecule has 2 aliphatic rings. The smallest absolute Gasteiger partial charge is 0.289 e. The average molecular weight is 413 g/mol. The van der Waals surface area contributed by atoms with Crippen molar-refractivity contribution in [1.29, 1.82) is 0 Å². The summed E-state index contributed by atoms with van der Waals surface area (Å²) in [6.07, 6.45) is 3.49. The SMILES string of the molecule is NC(=O)C1CCN(CCCS(=O)(=O)N2CCN(C(=O)c3ccco3)CC2)CC1. The van der Waals surface area contributed by atoms with E-state index < -0.39 is 10.0 Å².